The quantitative estimate of drug-likeness (QED) is 0.763. The fraction of sp³-hybridized carbons (Fsp3) is 0.625. The summed E-state index contributed by atoms with van der Waals surface area (Å²) in [4.78, 5) is 0. The van der Waals surface area contributed by atoms with Gasteiger partial charge in [-0.3, -0.25) is 0 Å². The second-order valence-corrected chi connectivity index (χ2v) is 5.93. The summed E-state index contributed by atoms with van der Waals surface area (Å²) < 4.78 is 0. The number of hydrogen-bond donors (Lipinski definition) is 3. The second kappa shape index (κ2) is 6.51. The molecule has 0 bridgehead atoms. The number of aliphatic hydroxyl groups is 2. The van der Waals surface area contributed by atoms with Crippen molar-refractivity contribution in [2.45, 2.75) is 44.2 Å². The van der Waals surface area contributed by atoms with Gasteiger partial charge < -0.3 is 15.5 Å². The van der Waals surface area contributed by atoms with Crippen molar-refractivity contribution in [3.63, 3.8) is 0 Å². The number of rotatable bonds is 5. The van der Waals surface area contributed by atoms with Crippen molar-refractivity contribution in [1.82, 2.24) is 5.32 Å². The molecule has 1 aliphatic carbocycles. The fourth-order valence-electron chi connectivity index (χ4n) is 2.81. The molecule has 3 nitrogen and oxygen atoms in total. The van der Waals surface area contributed by atoms with Gasteiger partial charge in [-0.05, 0) is 37.2 Å². The van der Waals surface area contributed by atoms with E-state index in [-0.39, 0.29) is 12.1 Å². The van der Waals surface area contributed by atoms with E-state index in [2.05, 4.69) is 12.2 Å². The number of β-amino-alcohol motifs (C(OH)–C–C–N with tert-alkyl or cyclic N) is 1. The van der Waals surface area contributed by atoms with Crippen LogP contribution in [0.15, 0.2) is 30.3 Å². The first-order valence-corrected chi connectivity index (χ1v) is 7.24. The molecule has 3 N–H and O–H groups in total. The summed E-state index contributed by atoms with van der Waals surface area (Å²) in [7, 11) is 0. The lowest BCUT2D eigenvalue weighted by Crippen LogP contribution is -2.52. The lowest BCUT2D eigenvalue weighted by atomic mass is 9.77. The molecule has 1 aromatic rings. The maximum absolute atomic E-state index is 10.2. The van der Waals surface area contributed by atoms with Crippen LogP contribution in [0.2, 0.25) is 0 Å². The molecule has 0 aromatic heterocycles. The third-order valence-corrected chi connectivity index (χ3v) is 4.39. The third-order valence-electron chi connectivity index (χ3n) is 4.39. The van der Waals surface area contributed by atoms with Gasteiger partial charge in [-0.2, -0.15) is 0 Å². The predicted octanol–water partition coefficient (Wildman–Crippen LogP) is 2.25. The standard InChI is InChI=1S/C16H25NO2/c1-13-7-9-16(12-18,10-8-13)17-11-15(19)14-5-3-2-4-6-14/h2-6,13,15,17-19H,7-12H2,1H3. The van der Waals surface area contributed by atoms with E-state index in [0.29, 0.717) is 6.54 Å². The van der Waals surface area contributed by atoms with Gasteiger partial charge in [-0.25, -0.2) is 0 Å². The Kier molecular flexibility index (Phi) is 4.97. The molecule has 0 spiro atoms. The van der Waals surface area contributed by atoms with Gasteiger partial charge in [0.25, 0.3) is 0 Å². The monoisotopic (exact) mass is 263 g/mol. The van der Waals surface area contributed by atoms with Gasteiger partial charge in [0, 0.05) is 12.1 Å². The zero-order chi connectivity index (χ0) is 13.7. The number of hydrogen-bond acceptors (Lipinski definition) is 3. The zero-order valence-corrected chi connectivity index (χ0v) is 11.7. The van der Waals surface area contributed by atoms with Gasteiger partial charge in [-0.15, -0.1) is 0 Å². The highest BCUT2D eigenvalue weighted by molar-refractivity contribution is 5.17. The van der Waals surface area contributed by atoms with Crippen molar-refractivity contribution in [3.05, 3.63) is 35.9 Å². The molecule has 1 atom stereocenters. The molecule has 19 heavy (non-hydrogen) atoms. The summed E-state index contributed by atoms with van der Waals surface area (Å²) in [5, 5.41) is 23.2. The van der Waals surface area contributed by atoms with Crippen LogP contribution in [0.4, 0.5) is 0 Å². The minimum absolute atomic E-state index is 0.154. The molecule has 3 heteroatoms. The first-order valence-electron chi connectivity index (χ1n) is 7.24. The predicted molar refractivity (Wildman–Crippen MR) is 76.9 cm³/mol. The molecule has 0 radical (unpaired) electrons. The highest BCUT2D eigenvalue weighted by Crippen LogP contribution is 2.31. The molecular weight excluding hydrogens is 238 g/mol. The molecule has 0 heterocycles. The van der Waals surface area contributed by atoms with Crippen LogP contribution in [0.25, 0.3) is 0 Å². The van der Waals surface area contributed by atoms with Crippen LogP contribution in [0.3, 0.4) is 0 Å². The zero-order valence-electron chi connectivity index (χ0n) is 11.7. The maximum atomic E-state index is 10.2. The van der Waals surface area contributed by atoms with Crippen molar-refractivity contribution in [2.24, 2.45) is 5.92 Å². The highest BCUT2D eigenvalue weighted by Gasteiger charge is 2.33. The number of nitrogens with one attached hydrogen (secondary N) is 1. The van der Waals surface area contributed by atoms with Crippen molar-refractivity contribution in [2.75, 3.05) is 13.2 Å². The smallest absolute Gasteiger partial charge is 0.0914 e. The molecule has 1 aromatic carbocycles. The van der Waals surface area contributed by atoms with Gasteiger partial charge in [0.05, 0.1) is 12.7 Å². The van der Waals surface area contributed by atoms with Gasteiger partial charge in [0.2, 0.25) is 0 Å². The van der Waals surface area contributed by atoms with Crippen molar-refractivity contribution in [3.8, 4) is 0 Å². The second-order valence-electron chi connectivity index (χ2n) is 5.93. The maximum Gasteiger partial charge on any atom is 0.0914 e. The Morgan fingerprint density at radius 3 is 2.47 bits per heavy atom. The normalized spacial score (nSPS) is 29.1. The fourth-order valence-corrected chi connectivity index (χ4v) is 2.81. The molecule has 1 unspecified atom stereocenters. The SMILES string of the molecule is CC1CCC(CO)(NCC(O)c2ccccc2)CC1. The Bertz CT molecular complexity index is 372. The van der Waals surface area contributed by atoms with Gasteiger partial charge in [0.1, 0.15) is 0 Å². The molecule has 2 rings (SSSR count). The summed E-state index contributed by atoms with van der Waals surface area (Å²) in [6.07, 6.45) is 3.77. The minimum Gasteiger partial charge on any atom is -0.394 e. The summed E-state index contributed by atoms with van der Waals surface area (Å²) in [5.74, 6) is 0.750. The lowest BCUT2D eigenvalue weighted by molar-refractivity contribution is 0.0836. The Hall–Kier alpha value is -0.900. The van der Waals surface area contributed by atoms with E-state index in [1.807, 2.05) is 30.3 Å². The first-order chi connectivity index (χ1) is 9.15. The van der Waals surface area contributed by atoms with Crippen LogP contribution in [0.5, 0.6) is 0 Å². The average Bonchev–Trinajstić information content (AvgIpc) is 2.48. The van der Waals surface area contributed by atoms with E-state index >= 15 is 0 Å². The molecule has 106 valence electrons. The molecule has 0 aliphatic heterocycles. The largest absolute Gasteiger partial charge is 0.394 e. The van der Waals surface area contributed by atoms with E-state index in [4.69, 9.17) is 0 Å². The van der Waals surface area contributed by atoms with Gasteiger partial charge in [-0.1, -0.05) is 37.3 Å². The molecular formula is C16H25NO2. The van der Waals surface area contributed by atoms with Crippen LogP contribution in [0, 0.1) is 5.92 Å². The summed E-state index contributed by atoms with van der Waals surface area (Å²) >= 11 is 0. The first kappa shape index (κ1) is 14.5. The van der Waals surface area contributed by atoms with Crippen LogP contribution < -0.4 is 5.32 Å². The third kappa shape index (κ3) is 3.78. The van der Waals surface area contributed by atoms with E-state index in [9.17, 15) is 10.2 Å². The van der Waals surface area contributed by atoms with E-state index < -0.39 is 6.10 Å². The van der Waals surface area contributed by atoms with Crippen LogP contribution in [-0.2, 0) is 0 Å². The summed E-state index contributed by atoms with van der Waals surface area (Å²) in [6.45, 7) is 2.92. The minimum atomic E-state index is -0.510. The molecule has 0 saturated heterocycles. The highest BCUT2D eigenvalue weighted by atomic mass is 16.3. The van der Waals surface area contributed by atoms with Crippen molar-refractivity contribution < 1.29 is 10.2 Å². The Labute approximate surface area is 115 Å². The van der Waals surface area contributed by atoms with Gasteiger partial charge in [0.15, 0.2) is 0 Å². The molecule has 1 aliphatic rings. The van der Waals surface area contributed by atoms with Gasteiger partial charge >= 0.3 is 0 Å². The van der Waals surface area contributed by atoms with E-state index in [0.717, 1.165) is 37.2 Å². The lowest BCUT2D eigenvalue weighted by Gasteiger charge is -2.39. The molecule has 1 saturated carbocycles. The average molecular weight is 263 g/mol. The molecule has 0 amide bonds. The van der Waals surface area contributed by atoms with Crippen molar-refractivity contribution in [1.29, 1.82) is 0 Å². The number of aliphatic hydroxyl groups excluding tert-OH is 2. The van der Waals surface area contributed by atoms with Crippen LogP contribution >= 0.6 is 0 Å². The number of benzene rings is 1. The Balaban J connectivity index is 1.89. The summed E-state index contributed by atoms with van der Waals surface area (Å²) in [6, 6.07) is 9.68. The van der Waals surface area contributed by atoms with Crippen molar-refractivity contribution >= 4 is 0 Å². The van der Waals surface area contributed by atoms with Crippen LogP contribution in [0.1, 0.15) is 44.3 Å². The summed E-state index contributed by atoms with van der Waals surface area (Å²) in [5.41, 5.74) is 0.731. The Morgan fingerprint density at radius 2 is 1.89 bits per heavy atom. The van der Waals surface area contributed by atoms with E-state index in [1.165, 1.54) is 0 Å². The van der Waals surface area contributed by atoms with E-state index in [1.54, 1.807) is 0 Å². The topological polar surface area (TPSA) is 52.5 Å². The molecule has 1 fully saturated rings. The Morgan fingerprint density at radius 1 is 1.26 bits per heavy atom. The van der Waals surface area contributed by atoms with Crippen LogP contribution in [-0.4, -0.2) is 28.9 Å².